The molecule has 0 aliphatic heterocycles. The minimum absolute atomic E-state index is 0.600. The minimum Gasteiger partial charge on any atom is -0.456 e. The SMILES string of the molecule is c1ccc(-c2nc(-c3ccc(-c4ccc(-c5ccccc5)c5ccccc45)cc3)nc(-c3ccc4c(c3)oc3ccccc34)n2)cc1. The van der Waals surface area contributed by atoms with Crippen LogP contribution >= 0.6 is 0 Å². The third-order valence-electron chi connectivity index (χ3n) is 8.77. The Morgan fingerprint density at radius 3 is 1.36 bits per heavy atom. The molecular weight excluding hydrogens is 574 g/mol. The predicted molar refractivity (Wildman–Crippen MR) is 192 cm³/mol. The van der Waals surface area contributed by atoms with E-state index >= 15 is 0 Å². The molecule has 0 unspecified atom stereocenters. The van der Waals surface area contributed by atoms with Crippen LogP contribution in [0, 0.1) is 0 Å². The molecule has 2 heterocycles. The van der Waals surface area contributed by atoms with E-state index in [-0.39, 0.29) is 0 Å². The number of nitrogens with zero attached hydrogens (tertiary/aromatic N) is 3. The summed E-state index contributed by atoms with van der Waals surface area (Å²) in [6.07, 6.45) is 0. The third kappa shape index (κ3) is 4.84. The molecule has 0 atom stereocenters. The first-order valence-electron chi connectivity index (χ1n) is 15.7. The summed E-state index contributed by atoms with van der Waals surface area (Å²) in [6, 6.07) is 56.5. The highest BCUT2D eigenvalue weighted by molar-refractivity contribution is 6.06. The van der Waals surface area contributed by atoms with Crippen LogP contribution in [0.15, 0.2) is 168 Å². The molecule has 0 saturated carbocycles. The van der Waals surface area contributed by atoms with Gasteiger partial charge in [-0.25, -0.2) is 15.0 Å². The molecule has 0 N–H and O–H groups in total. The van der Waals surface area contributed by atoms with Gasteiger partial charge in [0.1, 0.15) is 11.2 Å². The fourth-order valence-electron chi connectivity index (χ4n) is 6.43. The zero-order valence-corrected chi connectivity index (χ0v) is 25.3. The van der Waals surface area contributed by atoms with Crippen molar-refractivity contribution in [3.63, 3.8) is 0 Å². The molecule has 220 valence electrons. The average Bonchev–Trinajstić information content (AvgIpc) is 3.53. The molecule has 0 radical (unpaired) electrons. The Hall–Kier alpha value is -6.39. The molecule has 4 nitrogen and oxygen atoms in total. The first-order valence-corrected chi connectivity index (χ1v) is 15.7. The monoisotopic (exact) mass is 601 g/mol. The second kappa shape index (κ2) is 11.2. The predicted octanol–water partition coefficient (Wildman–Crippen LogP) is 11.3. The van der Waals surface area contributed by atoms with Crippen molar-refractivity contribution in [2.45, 2.75) is 0 Å². The van der Waals surface area contributed by atoms with E-state index in [0.29, 0.717) is 17.5 Å². The lowest BCUT2D eigenvalue weighted by atomic mass is 9.92. The van der Waals surface area contributed by atoms with Gasteiger partial charge in [-0.05, 0) is 51.2 Å². The maximum atomic E-state index is 6.19. The number of aromatic nitrogens is 3. The molecule has 4 heteroatoms. The normalized spacial score (nSPS) is 11.4. The molecule has 2 aromatic heterocycles. The van der Waals surface area contributed by atoms with Gasteiger partial charge in [0.15, 0.2) is 17.5 Å². The zero-order chi connectivity index (χ0) is 31.2. The van der Waals surface area contributed by atoms with E-state index in [1.807, 2.05) is 54.6 Å². The van der Waals surface area contributed by atoms with Crippen LogP contribution in [0.1, 0.15) is 0 Å². The summed E-state index contributed by atoms with van der Waals surface area (Å²) in [5.74, 6) is 1.85. The Kier molecular flexibility index (Phi) is 6.43. The van der Waals surface area contributed by atoms with Gasteiger partial charge in [-0.3, -0.25) is 0 Å². The van der Waals surface area contributed by atoms with Gasteiger partial charge < -0.3 is 4.42 Å². The first kappa shape index (κ1) is 27.0. The average molecular weight is 602 g/mol. The third-order valence-corrected chi connectivity index (χ3v) is 8.77. The van der Waals surface area contributed by atoms with Crippen molar-refractivity contribution in [2.75, 3.05) is 0 Å². The molecule has 0 bridgehead atoms. The Morgan fingerprint density at radius 2 is 0.723 bits per heavy atom. The number of hydrogen-bond donors (Lipinski definition) is 0. The van der Waals surface area contributed by atoms with E-state index in [9.17, 15) is 0 Å². The summed E-state index contributed by atoms with van der Waals surface area (Å²) in [6.45, 7) is 0. The lowest BCUT2D eigenvalue weighted by Gasteiger charge is -2.13. The Morgan fingerprint density at radius 1 is 0.298 bits per heavy atom. The molecular formula is C43H27N3O. The lowest BCUT2D eigenvalue weighted by Crippen LogP contribution is -2.00. The molecule has 9 aromatic rings. The largest absolute Gasteiger partial charge is 0.456 e. The van der Waals surface area contributed by atoms with E-state index < -0.39 is 0 Å². The van der Waals surface area contributed by atoms with Crippen LogP contribution in [-0.4, -0.2) is 15.0 Å². The van der Waals surface area contributed by atoms with Gasteiger partial charge in [0.2, 0.25) is 0 Å². The smallest absolute Gasteiger partial charge is 0.164 e. The molecule has 0 amide bonds. The molecule has 0 saturated heterocycles. The van der Waals surface area contributed by atoms with E-state index in [4.69, 9.17) is 19.4 Å². The Bertz CT molecular complexity index is 2550. The maximum Gasteiger partial charge on any atom is 0.164 e. The van der Waals surface area contributed by atoms with Crippen LogP contribution in [0.3, 0.4) is 0 Å². The first-order chi connectivity index (χ1) is 23.3. The summed E-state index contributed by atoms with van der Waals surface area (Å²) in [5.41, 5.74) is 9.17. The van der Waals surface area contributed by atoms with E-state index in [1.54, 1.807) is 0 Å². The molecule has 7 aromatic carbocycles. The van der Waals surface area contributed by atoms with Gasteiger partial charge >= 0.3 is 0 Å². The summed E-state index contributed by atoms with van der Waals surface area (Å²) < 4.78 is 6.19. The van der Waals surface area contributed by atoms with E-state index in [0.717, 1.165) is 44.2 Å². The minimum atomic E-state index is 0.600. The van der Waals surface area contributed by atoms with Crippen molar-refractivity contribution in [3.05, 3.63) is 164 Å². The lowest BCUT2D eigenvalue weighted by molar-refractivity contribution is 0.669. The van der Waals surface area contributed by atoms with Crippen molar-refractivity contribution >= 4 is 32.7 Å². The van der Waals surface area contributed by atoms with Crippen molar-refractivity contribution in [2.24, 2.45) is 0 Å². The van der Waals surface area contributed by atoms with Gasteiger partial charge in [-0.1, -0.05) is 146 Å². The number of fused-ring (bicyclic) bond motifs is 4. The fraction of sp³-hybridized carbons (Fsp3) is 0. The highest BCUT2D eigenvalue weighted by atomic mass is 16.3. The second-order valence-corrected chi connectivity index (χ2v) is 11.6. The zero-order valence-electron chi connectivity index (χ0n) is 25.3. The molecule has 0 spiro atoms. The van der Waals surface area contributed by atoms with Gasteiger partial charge in [0.05, 0.1) is 0 Å². The summed E-state index contributed by atoms with van der Waals surface area (Å²) in [4.78, 5) is 14.9. The van der Waals surface area contributed by atoms with Crippen molar-refractivity contribution in [1.29, 1.82) is 0 Å². The number of furan rings is 1. The van der Waals surface area contributed by atoms with Crippen LogP contribution in [-0.2, 0) is 0 Å². The van der Waals surface area contributed by atoms with Crippen LogP contribution in [0.25, 0.3) is 89.1 Å². The summed E-state index contributed by atoms with van der Waals surface area (Å²) >= 11 is 0. The quantitative estimate of drug-likeness (QED) is 0.197. The van der Waals surface area contributed by atoms with Crippen molar-refractivity contribution in [3.8, 4) is 56.4 Å². The van der Waals surface area contributed by atoms with Gasteiger partial charge in [0, 0.05) is 27.5 Å². The molecule has 9 rings (SSSR count). The molecule has 47 heavy (non-hydrogen) atoms. The topological polar surface area (TPSA) is 51.8 Å². The van der Waals surface area contributed by atoms with Gasteiger partial charge in [-0.2, -0.15) is 0 Å². The van der Waals surface area contributed by atoms with Crippen LogP contribution in [0.4, 0.5) is 0 Å². The number of para-hydroxylation sites is 1. The Balaban J connectivity index is 1.14. The van der Waals surface area contributed by atoms with Crippen LogP contribution in [0.5, 0.6) is 0 Å². The standard InChI is InChI=1S/C43H27N3O/c1-3-11-28(12-4-1)33-25-26-34(36-16-8-7-15-35(33)36)29-19-21-31(22-20-29)42-44-41(30-13-5-2-6-14-30)45-43(46-42)32-23-24-38-37-17-9-10-18-39(37)47-40(38)27-32/h1-27H. The Labute approximate surface area is 271 Å². The number of benzene rings is 7. The second-order valence-electron chi connectivity index (χ2n) is 11.6. The van der Waals surface area contributed by atoms with Crippen LogP contribution in [0.2, 0.25) is 0 Å². The van der Waals surface area contributed by atoms with Crippen molar-refractivity contribution in [1.82, 2.24) is 15.0 Å². The fourth-order valence-corrected chi connectivity index (χ4v) is 6.43. The summed E-state index contributed by atoms with van der Waals surface area (Å²) in [7, 11) is 0. The highest BCUT2D eigenvalue weighted by Gasteiger charge is 2.15. The number of hydrogen-bond acceptors (Lipinski definition) is 4. The van der Waals surface area contributed by atoms with Gasteiger partial charge in [-0.15, -0.1) is 0 Å². The molecule has 0 aliphatic carbocycles. The molecule has 0 fully saturated rings. The van der Waals surface area contributed by atoms with E-state index in [1.165, 1.54) is 27.5 Å². The summed E-state index contributed by atoms with van der Waals surface area (Å²) in [5, 5.41) is 4.62. The maximum absolute atomic E-state index is 6.19. The number of rotatable bonds is 5. The van der Waals surface area contributed by atoms with Crippen molar-refractivity contribution < 1.29 is 4.42 Å². The molecule has 0 aliphatic rings. The van der Waals surface area contributed by atoms with E-state index in [2.05, 4.69) is 109 Å². The van der Waals surface area contributed by atoms with Crippen LogP contribution < -0.4 is 0 Å². The highest BCUT2D eigenvalue weighted by Crippen LogP contribution is 2.37. The van der Waals surface area contributed by atoms with Gasteiger partial charge in [0.25, 0.3) is 0 Å².